The SMILES string of the molecule is CC[C@@H](C(=N)C(=O)Cc1cc(OC)c(OC)c(OC)c1)C(=O)O. The average molecular weight is 323 g/mol. The molecule has 1 atom stereocenters. The number of aliphatic carboxylic acids is 1. The molecule has 23 heavy (non-hydrogen) atoms. The van der Waals surface area contributed by atoms with Gasteiger partial charge in [-0.25, -0.2) is 0 Å². The molecule has 1 rings (SSSR count). The van der Waals surface area contributed by atoms with Crippen molar-refractivity contribution in [3.63, 3.8) is 0 Å². The van der Waals surface area contributed by atoms with Crippen LogP contribution < -0.4 is 14.2 Å². The van der Waals surface area contributed by atoms with E-state index in [0.29, 0.717) is 22.8 Å². The molecule has 0 fully saturated rings. The van der Waals surface area contributed by atoms with Gasteiger partial charge < -0.3 is 24.7 Å². The Bertz CT molecular complexity index is 586. The van der Waals surface area contributed by atoms with Crippen molar-refractivity contribution in [2.24, 2.45) is 5.92 Å². The first-order chi connectivity index (χ1) is 10.9. The summed E-state index contributed by atoms with van der Waals surface area (Å²) in [5.74, 6) is -1.62. The van der Waals surface area contributed by atoms with Crippen LogP contribution in [0.1, 0.15) is 18.9 Å². The van der Waals surface area contributed by atoms with Crippen LogP contribution in [0.25, 0.3) is 0 Å². The Kier molecular flexibility index (Phi) is 6.56. The Balaban J connectivity index is 3.07. The number of ether oxygens (including phenoxy) is 3. The number of hydrogen-bond acceptors (Lipinski definition) is 6. The molecule has 0 spiro atoms. The van der Waals surface area contributed by atoms with E-state index in [1.165, 1.54) is 21.3 Å². The van der Waals surface area contributed by atoms with E-state index < -0.39 is 23.4 Å². The molecule has 126 valence electrons. The predicted molar refractivity (Wildman–Crippen MR) is 84.0 cm³/mol. The van der Waals surface area contributed by atoms with Gasteiger partial charge in [0.05, 0.1) is 27.0 Å². The fourth-order valence-electron chi connectivity index (χ4n) is 2.21. The first-order valence-corrected chi connectivity index (χ1v) is 7.02. The summed E-state index contributed by atoms with van der Waals surface area (Å²) in [6.45, 7) is 1.63. The molecule has 0 bridgehead atoms. The van der Waals surface area contributed by atoms with Crippen LogP contribution in [-0.2, 0) is 16.0 Å². The van der Waals surface area contributed by atoms with E-state index >= 15 is 0 Å². The minimum atomic E-state index is -1.17. The monoisotopic (exact) mass is 323 g/mol. The van der Waals surface area contributed by atoms with E-state index in [9.17, 15) is 9.59 Å². The number of methoxy groups -OCH3 is 3. The second kappa shape index (κ2) is 8.17. The van der Waals surface area contributed by atoms with Crippen LogP contribution in [0.15, 0.2) is 12.1 Å². The van der Waals surface area contributed by atoms with Gasteiger partial charge in [0.15, 0.2) is 17.3 Å². The first kappa shape index (κ1) is 18.5. The molecule has 0 amide bonds. The third-order valence-corrected chi connectivity index (χ3v) is 3.44. The van der Waals surface area contributed by atoms with Gasteiger partial charge in [0.25, 0.3) is 0 Å². The lowest BCUT2D eigenvalue weighted by atomic mass is 9.94. The smallest absolute Gasteiger partial charge is 0.312 e. The number of rotatable bonds is 9. The largest absolute Gasteiger partial charge is 0.493 e. The molecule has 2 N–H and O–H groups in total. The summed E-state index contributed by atoms with van der Waals surface area (Å²) in [7, 11) is 4.39. The maximum Gasteiger partial charge on any atom is 0.312 e. The molecular formula is C16H21NO6. The van der Waals surface area contributed by atoms with E-state index in [1.54, 1.807) is 19.1 Å². The number of benzene rings is 1. The molecule has 0 heterocycles. The maximum atomic E-state index is 12.2. The summed E-state index contributed by atoms with van der Waals surface area (Å²) in [6.07, 6.45) is 0.0779. The molecule has 7 heteroatoms. The number of carboxylic acids is 1. The number of hydrogen-bond donors (Lipinski definition) is 2. The Morgan fingerprint density at radius 2 is 1.65 bits per heavy atom. The van der Waals surface area contributed by atoms with Crippen molar-refractivity contribution in [1.29, 1.82) is 5.41 Å². The number of nitrogens with one attached hydrogen (secondary N) is 1. The second-order valence-corrected chi connectivity index (χ2v) is 4.85. The van der Waals surface area contributed by atoms with Gasteiger partial charge in [-0.15, -0.1) is 0 Å². The summed E-state index contributed by atoms with van der Waals surface area (Å²) in [4.78, 5) is 23.2. The van der Waals surface area contributed by atoms with Crippen LogP contribution in [0.3, 0.4) is 0 Å². The summed E-state index contributed by atoms with van der Waals surface area (Å²) >= 11 is 0. The van der Waals surface area contributed by atoms with Crippen LogP contribution in [0.2, 0.25) is 0 Å². The predicted octanol–water partition coefficient (Wildman–Crippen LogP) is 1.95. The second-order valence-electron chi connectivity index (χ2n) is 4.85. The van der Waals surface area contributed by atoms with Crippen LogP contribution in [0.5, 0.6) is 17.2 Å². The average Bonchev–Trinajstić information content (AvgIpc) is 2.53. The lowest BCUT2D eigenvalue weighted by molar-refractivity contribution is -0.139. The zero-order chi connectivity index (χ0) is 17.6. The number of carbonyl (C=O) groups is 2. The van der Waals surface area contributed by atoms with E-state index in [-0.39, 0.29) is 12.8 Å². The van der Waals surface area contributed by atoms with Gasteiger partial charge in [-0.05, 0) is 24.1 Å². The molecule has 0 aliphatic carbocycles. The Morgan fingerprint density at radius 3 is 2.00 bits per heavy atom. The fourth-order valence-corrected chi connectivity index (χ4v) is 2.21. The van der Waals surface area contributed by atoms with Crippen molar-refractivity contribution in [2.75, 3.05) is 21.3 Å². The van der Waals surface area contributed by atoms with E-state index in [0.717, 1.165) is 0 Å². The van der Waals surface area contributed by atoms with Crippen molar-refractivity contribution in [2.45, 2.75) is 19.8 Å². The summed E-state index contributed by atoms with van der Waals surface area (Å²) in [6, 6.07) is 3.21. The molecule has 0 unspecified atom stereocenters. The molecule has 0 aromatic heterocycles. The molecular weight excluding hydrogens is 302 g/mol. The lowest BCUT2D eigenvalue weighted by Crippen LogP contribution is -2.30. The standard InChI is InChI=1S/C16H21NO6/c1-5-10(16(19)20)14(17)11(18)6-9-7-12(21-2)15(23-4)13(8-9)22-3/h7-8,10,17H,5-6H2,1-4H3,(H,19,20)/t10-/m0/s1. The minimum absolute atomic E-state index is 0.112. The molecule has 7 nitrogen and oxygen atoms in total. The molecule has 0 aliphatic heterocycles. The molecule has 0 aliphatic rings. The van der Waals surface area contributed by atoms with Gasteiger partial charge in [0, 0.05) is 6.42 Å². The summed E-state index contributed by atoms with van der Waals surface area (Å²) in [5, 5.41) is 16.8. The molecule has 1 aromatic carbocycles. The van der Waals surface area contributed by atoms with Crippen LogP contribution in [-0.4, -0.2) is 43.9 Å². The normalized spacial score (nSPS) is 11.5. The third-order valence-electron chi connectivity index (χ3n) is 3.44. The zero-order valence-corrected chi connectivity index (χ0v) is 13.6. The third kappa shape index (κ3) is 4.21. The number of carbonyl (C=O) groups excluding carboxylic acids is 1. The summed E-state index contributed by atoms with van der Waals surface area (Å²) < 4.78 is 15.6. The fraction of sp³-hybridized carbons (Fsp3) is 0.438. The van der Waals surface area contributed by atoms with Crippen molar-refractivity contribution in [3.8, 4) is 17.2 Å². The maximum absolute atomic E-state index is 12.2. The minimum Gasteiger partial charge on any atom is -0.493 e. The van der Waals surface area contributed by atoms with Crippen LogP contribution in [0, 0.1) is 11.3 Å². The van der Waals surface area contributed by atoms with Gasteiger partial charge in [-0.2, -0.15) is 0 Å². The van der Waals surface area contributed by atoms with Gasteiger partial charge in [-0.3, -0.25) is 9.59 Å². The van der Waals surface area contributed by atoms with Gasteiger partial charge in [0.2, 0.25) is 5.75 Å². The van der Waals surface area contributed by atoms with E-state index in [4.69, 9.17) is 24.7 Å². The first-order valence-electron chi connectivity index (χ1n) is 7.02. The highest BCUT2D eigenvalue weighted by atomic mass is 16.5. The summed E-state index contributed by atoms with van der Waals surface area (Å²) in [5.41, 5.74) is 0.142. The quantitative estimate of drug-likeness (QED) is 0.673. The lowest BCUT2D eigenvalue weighted by Gasteiger charge is -2.15. The molecule has 0 radical (unpaired) electrons. The van der Waals surface area contributed by atoms with Crippen LogP contribution in [0.4, 0.5) is 0 Å². The molecule has 0 saturated heterocycles. The van der Waals surface area contributed by atoms with Crippen molar-refractivity contribution < 1.29 is 28.9 Å². The zero-order valence-electron chi connectivity index (χ0n) is 13.6. The van der Waals surface area contributed by atoms with Gasteiger partial charge in [0.1, 0.15) is 5.92 Å². The van der Waals surface area contributed by atoms with Crippen molar-refractivity contribution in [3.05, 3.63) is 17.7 Å². The number of Topliss-reactive ketones (excluding diaryl/α,β-unsaturated/α-hetero) is 1. The van der Waals surface area contributed by atoms with E-state index in [2.05, 4.69) is 0 Å². The van der Waals surface area contributed by atoms with E-state index in [1.807, 2.05) is 0 Å². The van der Waals surface area contributed by atoms with Gasteiger partial charge >= 0.3 is 5.97 Å². The molecule has 0 saturated carbocycles. The Morgan fingerprint density at radius 1 is 1.13 bits per heavy atom. The highest BCUT2D eigenvalue weighted by molar-refractivity contribution is 6.42. The van der Waals surface area contributed by atoms with Crippen LogP contribution >= 0.6 is 0 Å². The highest BCUT2D eigenvalue weighted by Crippen LogP contribution is 2.38. The van der Waals surface area contributed by atoms with Crippen molar-refractivity contribution >= 4 is 17.5 Å². The van der Waals surface area contributed by atoms with Crippen molar-refractivity contribution in [1.82, 2.24) is 0 Å². The highest BCUT2D eigenvalue weighted by Gasteiger charge is 2.26. The number of ketones is 1. The van der Waals surface area contributed by atoms with Gasteiger partial charge in [-0.1, -0.05) is 6.92 Å². The molecule has 1 aromatic rings. The topological polar surface area (TPSA) is 106 Å². The number of carboxylic acid groups (broad SMARTS) is 1. The Labute approximate surface area is 134 Å². The Hall–Kier alpha value is -2.57.